The first-order valence-corrected chi connectivity index (χ1v) is 6.60. The van der Waals surface area contributed by atoms with Crippen molar-refractivity contribution >= 4 is 21.6 Å². The molecule has 0 saturated heterocycles. The minimum absolute atomic E-state index is 0.455. The van der Waals surface area contributed by atoms with Gasteiger partial charge in [0.25, 0.3) is 0 Å². The highest BCUT2D eigenvalue weighted by molar-refractivity contribution is 9.10. The first-order chi connectivity index (χ1) is 8.72. The summed E-state index contributed by atoms with van der Waals surface area (Å²) in [5.74, 6) is 0. The van der Waals surface area contributed by atoms with Crippen molar-refractivity contribution in [3.8, 4) is 0 Å². The molecule has 94 valence electrons. The van der Waals surface area contributed by atoms with Crippen molar-refractivity contribution in [3.63, 3.8) is 0 Å². The monoisotopic (exact) mass is 305 g/mol. The van der Waals surface area contributed by atoms with E-state index in [1.54, 1.807) is 6.20 Å². The highest BCUT2D eigenvalue weighted by atomic mass is 79.9. The fraction of sp³-hybridized carbons (Fsp3) is 0.214. The van der Waals surface area contributed by atoms with Crippen LogP contribution in [0.4, 0.5) is 5.69 Å². The van der Waals surface area contributed by atoms with E-state index in [1.807, 2.05) is 24.3 Å². The van der Waals surface area contributed by atoms with Crippen LogP contribution in [0.1, 0.15) is 11.3 Å². The number of nitrogens with zero attached hydrogens (tertiary/aromatic N) is 2. The van der Waals surface area contributed by atoms with Crippen molar-refractivity contribution in [2.75, 3.05) is 11.9 Å². The molecule has 2 N–H and O–H groups in total. The summed E-state index contributed by atoms with van der Waals surface area (Å²) >= 11 is 3.57. The number of pyridine rings is 1. The number of nitrogens with two attached hydrogens (primary N) is 1. The normalized spacial score (nSPS) is 10.4. The lowest BCUT2D eigenvalue weighted by Crippen LogP contribution is -2.19. The van der Waals surface area contributed by atoms with E-state index < -0.39 is 0 Å². The SMILES string of the molecule is CN(Cc1ccccc1Br)c1cccnc1CN. The minimum atomic E-state index is 0.455. The van der Waals surface area contributed by atoms with E-state index in [0.717, 1.165) is 22.4 Å². The van der Waals surface area contributed by atoms with Gasteiger partial charge in [0.15, 0.2) is 0 Å². The lowest BCUT2D eigenvalue weighted by molar-refractivity contribution is 0.881. The molecule has 0 bridgehead atoms. The Balaban J connectivity index is 2.22. The van der Waals surface area contributed by atoms with Gasteiger partial charge in [0.1, 0.15) is 0 Å². The van der Waals surface area contributed by atoms with Crippen LogP contribution >= 0.6 is 15.9 Å². The maximum absolute atomic E-state index is 5.71. The molecule has 0 radical (unpaired) electrons. The summed E-state index contributed by atoms with van der Waals surface area (Å²) in [6.45, 7) is 1.27. The molecule has 2 rings (SSSR count). The topological polar surface area (TPSA) is 42.2 Å². The molecule has 1 heterocycles. The van der Waals surface area contributed by atoms with Crippen molar-refractivity contribution in [2.24, 2.45) is 5.73 Å². The number of halogens is 1. The maximum atomic E-state index is 5.71. The summed E-state index contributed by atoms with van der Waals surface area (Å²) in [6.07, 6.45) is 1.78. The van der Waals surface area contributed by atoms with Crippen molar-refractivity contribution in [2.45, 2.75) is 13.1 Å². The van der Waals surface area contributed by atoms with Gasteiger partial charge in [-0.2, -0.15) is 0 Å². The summed E-state index contributed by atoms with van der Waals surface area (Å²) in [5.41, 5.74) is 8.96. The number of aromatic nitrogens is 1. The van der Waals surface area contributed by atoms with Crippen LogP contribution < -0.4 is 10.6 Å². The van der Waals surface area contributed by atoms with Gasteiger partial charge in [-0.05, 0) is 23.8 Å². The molecule has 0 aliphatic rings. The van der Waals surface area contributed by atoms with Crippen LogP contribution in [-0.2, 0) is 13.1 Å². The highest BCUT2D eigenvalue weighted by Crippen LogP contribution is 2.22. The van der Waals surface area contributed by atoms with Crippen LogP contribution in [0.15, 0.2) is 47.1 Å². The van der Waals surface area contributed by atoms with Gasteiger partial charge < -0.3 is 10.6 Å². The summed E-state index contributed by atoms with van der Waals surface area (Å²) in [4.78, 5) is 6.47. The van der Waals surface area contributed by atoms with E-state index in [2.05, 4.69) is 45.0 Å². The Kier molecular flexibility index (Phi) is 4.33. The summed E-state index contributed by atoms with van der Waals surface area (Å²) in [5, 5.41) is 0. The van der Waals surface area contributed by atoms with Gasteiger partial charge in [0.05, 0.1) is 11.4 Å². The average molecular weight is 306 g/mol. The summed E-state index contributed by atoms with van der Waals surface area (Å²) in [7, 11) is 2.05. The number of rotatable bonds is 4. The largest absolute Gasteiger partial charge is 0.369 e. The second-order valence-electron chi connectivity index (χ2n) is 4.12. The van der Waals surface area contributed by atoms with E-state index in [1.165, 1.54) is 5.56 Å². The van der Waals surface area contributed by atoms with E-state index in [9.17, 15) is 0 Å². The van der Waals surface area contributed by atoms with Crippen LogP contribution in [0.5, 0.6) is 0 Å². The molecule has 0 aliphatic heterocycles. The van der Waals surface area contributed by atoms with Crippen LogP contribution in [0.2, 0.25) is 0 Å². The Morgan fingerprint density at radius 3 is 2.72 bits per heavy atom. The molecule has 0 saturated carbocycles. The molecular formula is C14H16BrN3. The van der Waals surface area contributed by atoms with E-state index >= 15 is 0 Å². The second-order valence-corrected chi connectivity index (χ2v) is 4.98. The predicted octanol–water partition coefficient (Wildman–Crippen LogP) is 2.94. The average Bonchev–Trinajstić information content (AvgIpc) is 2.41. The number of hydrogen-bond acceptors (Lipinski definition) is 3. The van der Waals surface area contributed by atoms with Crippen molar-refractivity contribution in [1.29, 1.82) is 0 Å². The molecule has 3 nitrogen and oxygen atoms in total. The first kappa shape index (κ1) is 13.1. The molecule has 1 aromatic carbocycles. The van der Waals surface area contributed by atoms with Gasteiger partial charge in [-0.1, -0.05) is 34.1 Å². The Morgan fingerprint density at radius 2 is 2.00 bits per heavy atom. The van der Waals surface area contributed by atoms with Gasteiger partial charge in [-0.25, -0.2) is 0 Å². The maximum Gasteiger partial charge on any atom is 0.0772 e. The zero-order valence-corrected chi connectivity index (χ0v) is 11.9. The Hall–Kier alpha value is -1.39. The van der Waals surface area contributed by atoms with Gasteiger partial charge in [0.2, 0.25) is 0 Å². The van der Waals surface area contributed by atoms with Crippen molar-refractivity contribution in [3.05, 3.63) is 58.3 Å². The minimum Gasteiger partial charge on any atom is -0.369 e. The van der Waals surface area contributed by atoms with Crippen LogP contribution in [-0.4, -0.2) is 12.0 Å². The lowest BCUT2D eigenvalue weighted by atomic mass is 10.2. The molecule has 0 amide bonds. The zero-order chi connectivity index (χ0) is 13.0. The van der Waals surface area contributed by atoms with Gasteiger partial charge in [-0.15, -0.1) is 0 Å². The molecule has 0 spiro atoms. The third-order valence-electron chi connectivity index (χ3n) is 2.84. The van der Waals surface area contributed by atoms with Gasteiger partial charge in [-0.3, -0.25) is 4.98 Å². The third kappa shape index (κ3) is 2.89. The molecule has 0 atom stereocenters. The molecule has 2 aromatic rings. The smallest absolute Gasteiger partial charge is 0.0772 e. The standard InChI is InChI=1S/C14H16BrN3/c1-18(10-11-5-2-3-6-12(11)15)14-7-4-8-17-13(14)9-16/h2-8H,9-10,16H2,1H3. The molecular weight excluding hydrogens is 290 g/mol. The quantitative estimate of drug-likeness (QED) is 0.944. The zero-order valence-electron chi connectivity index (χ0n) is 10.3. The summed E-state index contributed by atoms with van der Waals surface area (Å²) in [6, 6.07) is 12.2. The molecule has 0 aliphatic carbocycles. The molecule has 1 aromatic heterocycles. The number of anilines is 1. The van der Waals surface area contributed by atoms with Crippen LogP contribution in [0, 0.1) is 0 Å². The van der Waals surface area contributed by atoms with Crippen LogP contribution in [0.3, 0.4) is 0 Å². The molecule has 18 heavy (non-hydrogen) atoms. The van der Waals surface area contributed by atoms with Crippen molar-refractivity contribution in [1.82, 2.24) is 4.98 Å². The first-order valence-electron chi connectivity index (χ1n) is 5.81. The molecule has 0 fully saturated rings. The Bertz CT molecular complexity index is 528. The van der Waals surface area contributed by atoms with E-state index in [-0.39, 0.29) is 0 Å². The second kappa shape index (κ2) is 5.98. The summed E-state index contributed by atoms with van der Waals surface area (Å²) < 4.78 is 1.12. The number of hydrogen-bond donors (Lipinski definition) is 1. The van der Waals surface area contributed by atoms with E-state index in [0.29, 0.717) is 6.54 Å². The lowest BCUT2D eigenvalue weighted by Gasteiger charge is -2.22. The van der Waals surface area contributed by atoms with Crippen LogP contribution in [0.25, 0.3) is 0 Å². The predicted molar refractivity (Wildman–Crippen MR) is 78.4 cm³/mol. The Labute approximate surface area is 116 Å². The Morgan fingerprint density at radius 1 is 1.22 bits per heavy atom. The fourth-order valence-electron chi connectivity index (χ4n) is 1.90. The van der Waals surface area contributed by atoms with Gasteiger partial charge in [0, 0.05) is 30.8 Å². The van der Waals surface area contributed by atoms with E-state index in [4.69, 9.17) is 5.73 Å². The number of benzene rings is 1. The van der Waals surface area contributed by atoms with Crippen molar-refractivity contribution < 1.29 is 0 Å². The molecule has 0 unspecified atom stereocenters. The van der Waals surface area contributed by atoms with Gasteiger partial charge >= 0.3 is 0 Å². The third-order valence-corrected chi connectivity index (χ3v) is 3.61. The molecule has 4 heteroatoms. The highest BCUT2D eigenvalue weighted by Gasteiger charge is 2.08. The fourth-order valence-corrected chi connectivity index (χ4v) is 2.31.